The summed E-state index contributed by atoms with van der Waals surface area (Å²) in [5, 5.41) is 0. The Labute approximate surface area is 132 Å². The number of aromatic nitrogens is 1. The van der Waals surface area contributed by atoms with Gasteiger partial charge in [0.15, 0.2) is 0 Å². The number of hydrogen-bond acceptors (Lipinski definition) is 2. The normalized spacial score (nSPS) is 14.4. The molecule has 0 amide bonds. The van der Waals surface area contributed by atoms with Crippen molar-refractivity contribution in [3.8, 4) is 0 Å². The Morgan fingerprint density at radius 2 is 1.60 bits per heavy atom. The lowest BCUT2D eigenvalue weighted by Crippen LogP contribution is -2.22. The average molecular weight is 344 g/mol. The van der Waals surface area contributed by atoms with Gasteiger partial charge in [-0.3, -0.25) is 0 Å². The third-order valence-electron chi connectivity index (χ3n) is 4.17. The van der Waals surface area contributed by atoms with Gasteiger partial charge in [0.1, 0.15) is 10.4 Å². The number of halogens is 1. The highest BCUT2D eigenvalue weighted by Crippen LogP contribution is 2.36. The molecular weight excluding hydrogens is 314 g/mol. The second kappa shape index (κ2) is 8.86. The van der Waals surface area contributed by atoms with Crippen molar-refractivity contribution in [2.75, 3.05) is 0 Å². The molecule has 0 aliphatic heterocycles. The predicted molar refractivity (Wildman–Crippen MR) is 89.2 cm³/mol. The molecular formula is C17H30BrNO. The Bertz CT molecular complexity index is 369. The summed E-state index contributed by atoms with van der Waals surface area (Å²) < 4.78 is 6.76. The molecule has 1 unspecified atom stereocenters. The lowest BCUT2D eigenvalue weighted by molar-refractivity contribution is 0.284. The minimum atomic E-state index is 0.0962. The van der Waals surface area contributed by atoms with Gasteiger partial charge in [-0.2, -0.15) is 0 Å². The molecule has 1 rings (SSSR count). The van der Waals surface area contributed by atoms with E-state index in [0.29, 0.717) is 0 Å². The summed E-state index contributed by atoms with van der Waals surface area (Å²) in [6, 6.07) is 0. The molecule has 0 bridgehead atoms. The van der Waals surface area contributed by atoms with Crippen molar-refractivity contribution in [1.82, 2.24) is 4.98 Å². The fourth-order valence-corrected chi connectivity index (χ4v) is 2.90. The highest BCUT2D eigenvalue weighted by molar-refractivity contribution is 9.10. The second-order valence-corrected chi connectivity index (χ2v) is 6.95. The average Bonchev–Trinajstić information content (AvgIpc) is 2.77. The van der Waals surface area contributed by atoms with Crippen LogP contribution in [0.3, 0.4) is 0 Å². The van der Waals surface area contributed by atoms with Gasteiger partial charge in [-0.1, -0.05) is 65.7 Å². The van der Waals surface area contributed by atoms with Crippen LogP contribution >= 0.6 is 15.9 Å². The third kappa shape index (κ3) is 5.23. The van der Waals surface area contributed by atoms with Crippen LogP contribution in [0.25, 0.3) is 0 Å². The Morgan fingerprint density at radius 1 is 1.00 bits per heavy atom. The van der Waals surface area contributed by atoms with Gasteiger partial charge >= 0.3 is 0 Å². The zero-order chi connectivity index (χ0) is 15.0. The number of aryl methyl sites for hydroxylation is 1. The number of hydrogen-bond donors (Lipinski definition) is 0. The molecule has 0 aliphatic rings. The van der Waals surface area contributed by atoms with Crippen molar-refractivity contribution in [3.63, 3.8) is 0 Å². The number of unbranched alkanes of at least 4 members (excludes halogenated alkanes) is 5. The Hall–Kier alpha value is -0.310. The molecule has 0 spiro atoms. The van der Waals surface area contributed by atoms with Gasteiger partial charge in [0.2, 0.25) is 5.89 Å². The van der Waals surface area contributed by atoms with Gasteiger partial charge in [-0.05, 0) is 35.7 Å². The zero-order valence-electron chi connectivity index (χ0n) is 13.6. The molecule has 1 aromatic rings. The lowest BCUT2D eigenvalue weighted by Gasteiger charge is -2.26. The molecule has 0 saturated carbocycles. The molecule has 0 saturated heterocycles. The van der Waals surface area contributed by atoms with Crippen molar-refractivity contribution in [2.45, 2.75) is 90.9 Å². The van der Waals surface area contributed by atoms with Crippen LogP contribution in [0.4, 0.5) is 0 Å². The van der Waals surface area contributed by atoms with Crippen LogP contribution in [0.15, 0.2) is 9.02 Å². The third-order valence-corrected chi connectivity index (χ3v) is 4.91. The lowest BCUT2D eigenvalue weighted by atomic mass is 9.80. The topological polar surface area (TPSA) is 26.0 Å². The van der Waals surface area contributed by atoms with Gasteiger partial charge in [-0.25, -0.2) is 4.98 Å². The minimum absolute atomic E-state index is 0.0962. The largest absolute Gasteiger partial charge is 0.444 e. The first-order chi connectivity index (χ1) is 9.53. The summed E-state index contributed by atoms with van der Waals surface area (Å²) in [6.45, 7) is 8.80. The summed E-state index contributed by atoms with van der Waals surface area (Å²) in [5.74, 6) is 1.82. The number of nitrogens with zero attached hydrogens (tertiary/aromatic N) is 1. The maximum Gasteiger partial charge on any atom is 0.201 e. The first kappa shape index (κ1) is 17.7. The molecule has 116 valence electrons. The molecule has 0 fully saturated rings. The first-order valence-electron chi connectivity index (χ1n) is 8.17. The molecule has 1 atom stereocenters. The molecule has 2 nitrogen and oxygen atoms in total. The van der Waals surface area contributed by atoms with Crippen LogP contribution in [0.2, 0.25) is 0 Å². The fourth-order valence-electron chi connectivity index (χ4n) is 2.66. The Kier molecular flexibility index (Phi) is 7.86. The van der Waals surface area contributed by atoms with Gasteiger partial charge in [0.05, 0.1) is 0 Å². The fraction of sp³-hybridized carbons (Fsp3) is 0.824. The quantitative estimate of drug-likeness (QED) is 0.450. The van der Waals surface area contributed by atoms with E-state index in [2.05, 4.69) is 41.7 Å². The monoisotopic (exact) mass is 343 g/mol. The molecule has 1 heterocycles. The Balaban J connectivity index is 2.65. The molecule has 0 aliphatic carbocycles. The summed E-state index contributed by atoms with van der Waals surface area (Å²) in [5.41, 5.74) is 0.0962. The molecule has 3 heteroatoms. The summed E-state index contributed by atoms with van der Waals surface area (Å²) in [7, 11) is 0. The van der Waals surface area contributed by atoms with Crippen LogP contribution in [0.1, 0.15) is 90.2 Å². The van der Waals surface area contributed by atoms with Gasteiger partial charge < -0.3 is 4.42 Å². The van der Waals surface area contributed by atoms with Crippen LogP contribution < -0.4 is 0 Å². The van der Waals surface area contributed by atoms with E-state index < -0.39 is 0 Å². The maximum absolute atomic E-state index is 5.90. The molecule has 0 aromatic carbocycles. The van der Waals surface area contributed by atoms with E-state index in [0.717, 1.165) is 16.3 Å². The standard InChI is InChI=1S/C17H30BrNO/c1-5-7-9-10-11-13-17(4,12-8-6-2)16-19-15(18)14(3)20-16/h5-13H2,1-4H3. The first-order valence-corrected chi connectivity index (χ1v) is 8.96. The van der Waals surface area contributed by atoms with Gasteiger partial charge in [-0.15, -0.1) is 0 Å². The second-order valence-electron chi connectivity index (χ2n) is 6.19. The van der Waals surface area contributed by atoms with Crippen LogP contribution in [0.5, 0.6) is 0 Å². The van der Waals surface area contributed by atoms with E-state index in [1.165, 1.54) is 57.8 Å². The molecule has 1 aromatic heterocycles. The number of oxazole rings is 1. The predicted octanol–water partition coefficient (Wildman–Crippen LogP) is 6.55. The molecule has 0 N–H and O–H groups in total. The Morgan fingerprint density at radius 3 is 2.15 bits per heavy atom. The minimum Gasteiger partial charge on any atom is -0.444 e. The highest BCUT2D eigenvalue weighted by atomic mass is 79.9. The summed E-state index contributed by atoms with van der Waals surface area (Å²) in [6.07, 6.45) is 11.4. The van der Waals surface area contributed by atoms with E-state index in [9.17, 15) is 0 Å². The van der Waals surface area contributed by atoms with Crippen molar-refractivity contribution >= 4 is 15.9 Å². The van der Waals surface area contributed by atoms with Crippen molar-refractivity contribution in [1.29, 1.82) is 0 Å². The molecule has 20 heavy (non-hydrogen) atoms. The van der Waals surface area contributed by atoms with Gasteiger partial charge in [0.25, 0.3) is 0 Å². The van der Waals surface area contributed by atoms with Crippen molar-refractivity contribution in [3.05, 3.63) is 16.3 Å². The SMILES string of the molecule is CCCCCCCC(C)(CCCC)c1nc(Br)c(C)o1. The van der Waals surface area contributed by atoms with E-state index in [4.69, 9.17) is 4.42 Å². The number of rotatable bonds is 10. The highest BCUT2D eigenvalue weighted by Gasteiger charge is 2.31. The van der Waals surface area contributed by atoms with Crippen molar-refractivity contribution < 1.29 is 4.42 Å². The van der Waals surface area contributed by atoms with E-state index in [1.807, 2.05) is 6.92 Å². The van der Waals surface area contributed by atoms with Crippen molar-refractivity contribution in [2.24, 2.45) is 0 Å². The van der Waals surface area contributed by atoms with E-state index in [1.54, 1.807) is 0 Å². The van der Waals surface area contributed by atoms with E-state index in [-0.39, 0.29) is 5.41 Å². The summed E-state index contributed by atoms with van der Waals surface area (Å²) in [4.78, 5) is 4.60. The van der Waals surface area contributed by atoms with Crippen LogP contribution in [0, 0.1) is 6.92 Å². The molecule has 0 radical (unpaired) electrons. The van der Waals surface area contributed by atoms with Gasteiger partial charge in [0, 0.05) is 5.41 Å². The van der Waals surface area contributed by atoms with E-state index >= 15 is 0 Å². The smallest absolute Gasteiger partial charge is 0.201 e. The zero-order valence-corrected chi connectivity index (χ0v) is 15.2. The van der Waals surface area contributed by atoms with Crippen LogP contribution in [-0.2, 0) is 5.41 Å². The maximum atomic E-state index is 5.90. The summed E-state index contributed by atoms with van der Waals surface area (Å²) >= 11 is 3.47. The van der Waals surface area contributed by atoms with Crippen LogP contribution in [-0.4, -0.2) is 4.98 Å².